The molecule has 3 fully saturated rings. The van der Waals surface area contributed by atoms with Crippen LogP contribution in [-0.2, 0) is 26.3 Å². The van der Waals surface area contributed by atoms with E-state index >= 15 is 0 Å². The first-order valence-electron chi connectivity index (χ1n) is 18.3. The zero-order valence-corrected chi connectivity index (χ0v) is 27.4. The molecule has 2 aliphatic heterocycles. The molecule has 1 saturated heterocycles. The predicted octanol–water partition coefficient (Wildman–Crippen LogP) is 8.47. The van der Waals surface area contributed by atoms with Gasteiger partial charge in [-0.2, -0.15) is 0 Å². The molecule has 5 heteroatoms. The molecule has 0 unspecified atom stereocenters. The molecular weight excluding hydrogens is 558 g/mol. The topological polar surface area (TPSA) is 78.6 Å². The van der Waals surface area contributed by atoms with Gasteiger partial charge >= 0.3 is 11.9 Å². The van der Waals surface area contributed by atoms with Crippen LogP contribution in [0.15, 0.2) is 53.3 Å². The van der Waals surface area contributed by atoms with E-state index in [0.717, 1.165) is 99.0 Å². The van der Waals surface area contributed by atoms with E-state index in [1.807, 2.05) is 0 Å². The maximum atomic E-state index is 14.9. The Kier molecular flexibility index (Phi) is 7.24. The lowest BCUT2D eigenvalue weighted by molar-refractivity contribution is -0.277. The van der Waals surface area contributed by atoms with Crippen LogP contribution in [0.2, 0.25) is 0 Å². The second-order valence-corrected chi connectivity index (χ2v) is 15.5. The Morgan fingerprint density at radius 1 is 1.09 bits per heavy atom. The van der Waals surface area contributed by atoms with Crippen molar-refractivity contribution in [3.63, 3.8) is 0 Å². The number of carbonyl (C=O) groups excluding carboxylic acids is 2. The first-order chi connectivity index (χ1) is 22.0. The van der Waals surface area contributed by atoms with Crippen molar-refractivity contribution >= 4 is 11.9 Å². The first-order valence-corrected chi connectivity index (χ1v) is 18.3. The van der Waals surface area contributed by atoms with Gasteiger partial charge in [-0.3, -0.25) is 4.79 Å². The van der Waals surface area contributed by atoms with E-state index in [9.17, 15) is 9.59 Å². The van der Waals surface area contributed by atoms with Gasteiger partial charge in [0.1, 0.15) is 11.2 Å². The van der Waals surface area contributed by atoms with Gasteiger partial charge in [-0.15, -0.1) is 0 Å². The molecule has 7 aliphatic rings. The van der Waals surface area contributed by atoms with Crippen LogP contribution in [0.5, 0.6) is 0 Å². The summed E-state index contributed by atoms with van der Waals surface area (Å²) in [7, 11) is 0. The number of nitrogens with two attached hydrogens (primary N) is 1. The summed E-state index contributed by atoms with van der Waals surface area (Å²) in [5.74, 6) is 2.86. The highest BCUT2D eigenvalue weighted by molar-refractivity contribution is 6.00. The van der Waals surface area contributed by atoms with E-state index in [1.165, 1.54) is 36.8 Å². The highest BCUT2D eigenvalue weighted by atomic mass is 16.6. The number of allylic oxidation sites excluding steroid dienone is 4. The molecule has 45 heavy (non-hydrogen) atoms. The van der Waals surface area contributed by atoms with Crippen molar-refractivity contribution in [2.75, 3.05) is 6.54 Å². The summed E-state index contributed by atoms with van der Waals surface area (Å²) in [5.41, 5.74) is 9.20. The predicted molar refractivity (Wildman–Crippen MR) is 175 cm³/mol. The number of ether oxygens (including phenoxy) is 2. The number of benzene rings is 1. The SMILES string of the molecule is CCC[C@@H]1[C@@]23C(=O)OC(=CCCC4CCCC4)[C@@]2(CCC2=C3CC[C@H]3[C@H](C)CC=C[C@H]23)[C@@]12OC(=O)c1c(CCCN)cccc12. The van der Waals surface area contributed by atoms with Crippen LogP contribution in [-0.4, -0.2) is 18.5 Å². The minimum Gasteiger partial charge on any atom is -0.449 e. The van der Waals surface area contributed by atoms with Gasteiger partial charge in [-0.25, -0.2) is 4.79 Å². The number of hydrogen-bond donors (Lipinski definition) is 1. The third-order valence-corrected chi connectivity index (χ3v) is 13.7. The van der Waals surface area contributed by atoms with Gasteiger partial charge in [0.25, 0.3) is 0 Å². The quantitative estimate of drug-likeness (QED) is 0.236. The third-order valence-electron chi connectivity index (χ3n) is 13.7. The average molecular weight is 610 g/mol. The van der Waals surface area contributed by atoms with E-state index in [2.05, 4.69) is 50.3 Å². The van der Waals surface area contributed by atoms with Gasteiger partial charge in [0.2, 0.25) is 0 Å². The van der Waals surface area contributed by atoms with E-state index in [4.69, 9.17) is 15.2 Å². The lowest BCUT2D eigenvalue weighted by Gasteiger charge is -2.71. The summed E-state index contributed by atoms with van der Waals surface area (Å²) in [5, 5.41) is 0. The average Bonchev–Trinajstić information content (AvgIpc) is 3.74. The molecule has 0 bridgehead atoms. The van der Waals surface area contributed by atoms with E-state index in [0.29, 0.717) is 24.3 Å². The molecule has 1 aromatic rings. The Bertz CT molecular complexity index is 1500. The first kappa shape index (κ1) is 29.7. The Labute approximate surface area is 269 Å². The van der Waals surface area contributed by atoms with Crippen LogP contribution < -0.4 is 5.73 Å². The minimum atomic E-state index is -0.884. The summed E-state index contributed by atoms with van der Waals surface area (Å²) in [4.78, 5) is 29.0. The molecule has 0 radical (unpaired) electrons. The molecular formula is C40H51NO4. The standard InChI is InChI=1S/C40H51NO4/c1-3-10-33-39-31-21-20-28-25(2)11-6-17-29(28)30(31)22-23-38(39,34(44-37(39)43)19-7-14-26-12-4-5-13-26)40(33)32-18-8-15-27(16-9-24-41)35(32)36(42)45-40/h6,8,15,17-19,25-26,28-29,33H,3-5,7,9-14,16,20-24,41H2,1-2H3/t25-,28+,29+,33-,38-,39+,40+/m1/s1. The van der Waals surface area contributed by atoms with Crippen molar-refractivity contribution in [1.29, 1.82) is 0 Å². The van der Waals surface area contributed by atoms with Crippen LogP contribution in [0, 0.1) is 40.4 Å². The second kappa shape index (κ2) is 11.0. The zero-order valence-electron chi connectivity index (χ0n) is 27.4. The van der Waals surface area contributed by atoms with E-state index in [-0.39, 0.29) is 17.9 Å². The van der Waals surface area contributed by atoms with Crippen LogP contribution in [0.4, 0.5) is 0 Å². The Balaban J connectivity index is 1.33. The second-order valence-electron chi connectivity index (χ2n) is 15.5. The molecule has 1 aromatic carbocycles. The van der Waals surface area contributed by atoms with Crippen molar-refractivity contribution in [3.05, 3.63) is 70.0 Å². The van der Waals surface area contributed by atoms with Gasteiger partial charge in [-0.1, -0.05) is 87.4 Å². The molecule has 8 rings (SSSR count). The fourth-order valence-corrected chi connectivity index (χ4v) is 12.0. The van der Waals surface area contributed by atoms with Gasteiger partial charge in [0.05, 0.1) is 11.0 Å². The number of aryl methyl sites for hydroxylation is 1. The Hall–Kier alpha value is -2.66. The highest BCUT2D eigenvalue weighted by Crippen LogP contribution is 2.87. The van der Waals surface area contributed by atoms with Crippen molar-refractivity contribution in [1.82, 2.24) is 0 Å². The molecule has 240 valence electrons. The monoisotopic (exact) mass is 609 g/mol. The van der Waals surface area contributed by atoms with Gasteiger partial charge in [-0.05, 0) is 100 Å². The highest BCUT2D eigenvalue weighted by Gasteiger charge is 2.92. The maximum absolute atomic E-state index is 14.9. The molecule has 2 saturated carbocycles. The van der Waals surface area contributed by atoms with Crippen LogP contribution >= 0.6 is 0 Å². The summed E-state index contributed by atoms with van der Waals surface area (Å²) in [6.45, 7) is 5.19. The summed E-state index contributed by atoms with van der Waals surface area (Å²) in [6.07, 6.45) is 22.7. The smallest absolute Gasteiger partial charge is 0.339 e. The van der Waals surface area contributed by atoms with Crippen LogP contribution in [0.25, 0.3) is 0 Å². The Morgan fingerprint density at radius 3 is 2.73 bits per heavy atom. The molecule has 0 aromatic heterocycles. The summed E-state index contributed by atoms with van der Waals surface area (Å²) < 4.78 is 13.5. The largest absolute Gasteiger partial charge is 0.449 e. The fraction of sp³-hybridized carbons (Fsp3) is 0.650. The van der Waals surface area contributed by atoms with Crippen LogP contribution in [0.1, 0.15) is 125 Å². The molecule has 2 heterocycles. The van der Waals surface area contributed by atoms with Gasteiger partial charge in [0, 0.05) is 17.4 Å². The number of rotatable bonds is 8. The normalized spacial score (nSPS) is 38.9. The maximum Gasteiger partial charge on any atom is 0.339 e. The number of cyclic esters (lactones) is 1. The molecule has 5 aliphatic carbocycles. The summed E-state index contributed by atoms with van der Waals surface area (Å²) in [6, 6.07) is 6.31. The van der Waals surface area contributed by atoms with Crippen LogP contribution in [0.3, 0.4) is 0 Å². The Morgan fingerprint density at radius 2 is 1.93 bits per heavy atom. The molecule has 7 atom stereocenters. The number of hydrogen-bond acceptors (Lipinski definition) is 5. The molecule has 2 N–H and O–H groups in total. The number of fused-ring (bicyclic) bond motifs is 4. The van der Waals surface area contributed by atoms with E-state index < -0.39 is 16.4 Å². The lowest BCUT2D eigenvalue weighted by Crippen LogP contribution is -2.77. The molecule has 0 amide bonds. The van der Waals surface area contributed by atoms with Crippen molar-refractivity contribution in [2.24, 2.45) is 46.2 Å². The van der Waals surface area contributed by atoms with E-state index in [1.54, 1.807) is 0 Å². The fourth-order valence-electron chi connectivity index (χ4n) is 12.0. The molecule has 1 spiro atoms. The molecule has 5 nitrogen and oxygen atoms in total. The zero-order chi connectivity index (χ0) is 31.0. The third kappa shape index (κ3) is 3.71. The number of carbonyl (C=O) groups is 2. The lowest BCUT2D eigenvalue weighted by atomic mass is 9.28. The minimum absolute atomic E-state index is 0.0686. The summed E-state index contributed by atoms with van der Waals surface area (Å²) >= 11 is 0. The van der Waals surface area contributed by atoms with Crippen molar-refractivity contribution in [3.8, 4) is 0 Å². The van der Waals surface area contributed by atoms with Crippen molar-refractivity contribution in [2.45, 2.75) is 116 Å². The van der Waals surface area contributed by atoms with Gasteiger partial charge < -0.3 is 15.2 Å². The van der Waals surface area contributed by atoms with Crippen molar-refractivity contribution < 1.29 is 19.1 Å². The number of esters is 2. The van der Waals surface area contributed by atoms with Gasteiger partial charge in [0.15, 0.2) is 5.60 Å².